The van der Waals surface area contributed by atoms with Crippen LogP contribution < -0.4 is 24.8 Å². The molecule has 2 amide bonds. The number of rotatable bonds is 9. The van der Waals surface area contributed by atoms with Crippen molar-refractivity contribution in [3.8, 4) is 17.2 Å². The molecule has 29 heavy (non-hydrogen) atoms. The summed E-state index contributed by atoms with van der Waals surface area (Å²) in [6, 6.07) is 12.5. The number of hydrogen-bond acceptors (Lipinski definition) is 5. The molecule has 0 unspecified atom stereocenters. The summed E-state index contributed by atoms with van der Waals surface area (Å²) in [7, 11) is 3.13. The van der Waals surface area contributed by atoms with Gasteiger partial charge in [-0.1, -0.05) is 6.07 Å². The Morgan fingerprint density at radius 1 is 0.966 bits per heavy atom. The second-order valence-corrected chi connectivity index (χ2v) is 6.87. The topological polar surface area (TPSA) is 85.9 Å². The van der Waals surface area contributed by atoms with E-state index < -0.39 is 5.41 Å². The fraction of sp³-hybridized carbons (Fsp3) is 0.364. The van der Waals surface area contributed by atoms with Gasteiger partial charge in [0.05, 0.1) is 20.8 Å². The maximum Gasteiger partial charge on any atom is 0.240 e. The summed E-state index contributed by atoms with van der Waals surface area (Å²) in [5, 5.41) is 5.70. The van der Waals surface area contributed by atoms with Crippen molar-refractivity contribution in [2.45, 2.75) is 26.3 Å². The minimum Gasteiger partial charge on any atom is -0.494 e. The first kappa shape index (κ1) is 20.5. The highest BCUT2D eigenvalue weighted by Crippen LogP contribution is 2.47. The van der Waals surface area contributed by atoms with Gasteiger partial charge in [0.1, 0.15) is 11.2 Å². The van der Waals surface area contributed by atoms with Crippen molar-refractivity contribution in [2.75, 3.05) is 26.1 Å². The van der Waals surface area contributed by atoms with E-state index in [2.05, 4.69) is 10.6 Å². The van der Waals surface area contributed by atoms with E-state index in [-0.39, 0.29) is 11.8 Å². The fourth-order valence-corrected chi connectivity index (χ4v) is 3.08. The standard InChI is InChI=1S/C22H26N2O5/c1-4-29-17-8-6-16(7-9-17)24-21(26)22(11-12-22)20(25)23-14-15-5-10-18(27-2)19(13-15)28-3/h5-10,13H,4,11-12,14H2,1-3H3,(H,23,25)(H,24,26). The third-order valence-electron chi connectivity index (χ3n) is 4.94. The number of hydrogen-bond donors (Lipinski definition) is 2. The van der Waals surface area contributed by atoms with Gasteiger partial charge in [-0.2, -0.15) is 0 Å². The smallest absolute Gasteiger partial charge is 0.240 e. The van der Waals surface area contributed by atoms with Crippen LogP contribution in [0.3, 0.4) is 0 Å². The minimum atomic E-state index is -1.00. The highest BCUT2D eigenvalue weighted by atomic mass is 16.5. The van der Waals surface area contributed by atoms with Crippen LogP contribution >= 0.6 is 0 Å². The van der Waals surface area contributed by atoms with Gasteiger partial charge in [0, 0.05) is 12.2 Å². The average molecular weight is 398 g/mol. The van der Waals surface area contributed by atoms with Crippen LogP contribution in [0.25, 0.3) is 0 Å². The molecule has 2 aromatic rings. The minimum absolute atomic E-state index is 0.268. The van der Waals surface area contributed by atoms with E-state index in [9.17, 15) is 9.59 Å². The Labute approximate surface area is 170 Å². The molecule has 7 nitrogen and oxygen atoms in total. The van der Waals surface area contributed by atoms with Crippen LogP contribution in [0, 0.1) is 5.41 Å². The van der Waals surface area contributed by atoms with Gasteiger partial charge in [0.25, 0.3) is 0 Å². The third-order valence-corrected chi connectivity index (χ3v) is 4.94. The molecule has 0 radical (unpaired) electrons. The van der Waals surface area contributed by atoms with Crippen LogP contribution in [-0.2, 0) is 16.1 Å². The predicted molar refractivity (Wildman–Crippen MR) is 109 cm³/mol. The number of ether oxygens (including phenoxy) is 3. The molecule has 1 fully saturated rings. The van der Waals surface area contributed by atoms with Crippen LogP contribution in [0.5, 0.6) is 17.2 Å². The zero-order valence-corrected chi connectivity index (χ0v) is 16.9. The Morgan fingerprint density at radius 3 is 2.24 bits per heavy atom. The van der Waals surface area contributed by atoms with Crippen LogP contribution in [0.4, 0.5) is 5.69 Å². The molecule has 2 N–H and O–H groups in total. The Hall–Kier alpha value is -3.22. The number of nitrogens with one attached hydrogen (secondary N) is 2. The summed E-state index contributed by atoms with van der Waals surface area (Å²) in [6.45, 7) is 2.79. The molecular weight excluding hydrogens is 372 g/mol. The van der Waals surface area contributed by atoms with E-state index in [1.165, 1.54) is 0 Å². The largest absolute Gasteiger partial charge is 0.494 e. The monoisotopic (exact) mass is 398 g/mol. The van der Waals surface area contributed by atoms with Gasteiger partial charge < -0.3 is 24.8 Å². The Morgan fingerprint density at radius 2 is 1.66 bits per heavy atom. The summed E-state index contributed by atoms with van der Waals surface area (Å²) >= 11 is 0. The van der Waals surface area contributed by atoms with Crippen LogP contribution in [0.1, 0.15) is 25.3 Å². The van der Waals surface area contributed by atoms with E-state index in [4.69, 9.17) is 14.2 Å². The van der Waals surface area contributed by atoms with Gasteiger partial charge in [-0.05, 0) is 61.7 Å². The predicted octanol–water partition coefficient (Wildman–Crippen LogP) is 3.14. The first-order chi connectivity index (χ1) is 14.0. The summed E-state index contributed by atoms with van der Waals surface area (Å²) in [5.41, 5.74) is 0.492. The van der Waals surface area contributed by atoms with Crippen LogP contribution in [-0.4, -0.2) is 32.6 Å². The van der Waals surface area contributed by atoms with Gasteiger partial charge in [0.15, 0.2) is 11.5 Å². The van der Waals surface area contributed by atoms with Crippen molar-refractivity contribution < 1.29 is 23.8 Å². The highest BCUT2D eigenvalue weighted by molar-refractivity contribution is 6.13. The highest BCUT2D eigenvalue weighted by Gasteiger charge is 2.56. The van der Waals surface area contributed by atoms with E-state index in [1.54, 1.807) is 50.6 Å². The van der Waals surface area contributed by atoms with E-state index in [0.717, 1.165) is 11.3 Å². The number of carbonyl (C=O) groups excluding carboxylic acids is 2. The lowest BCUT2D eigenvalue weighted by Crippen LogP contribution is -2.39. The summed E-state index contributed by atoms with van der Waals surface area (Å²) in [6.07, 6.45) is 1.07. The number of amides is 2. The third kappa shape index (κ3) is 4.62. The van der Waals surface area contributed by atoms with Gasteiger partial charge in [-0.15, -0.1) is 0 Å². The number of carbonyl (C=O) groups is 2. The first-order valence-electron chi connectivity index (χ1n) is 9.56. The van der Waals surface area contributed by atoms with E-state index in [1.807, 2.05) is 13.0 Å². The lowest BCUT2D eigenvalue weighted by molar-refractivity contribution is -0.134. The Bertz CT molecular complexity index is 875. The van der Waals surface area contributed by atoms with Crippen molar-refractivity contribution in [1.82, 2.24) is 5.32 Å². The molecule has 3 rings (SSSR count). The maximum atomic E-state index is 12.7. The molecule has 1 aliphatic carbocycles. The Balaban J connectivity index is 1.59. The molecule has 0 spiro atoms. The van der Waals surface area contributed by atoms with Gasteiger partial charge in [0.2, 0.25) is 11.8 Å². The first-order valence-corrected chi connectivity index (χ1v) is 9.56. The SMILES string of the molecule is CCOc1ccc(NC(=O)C2(C(=O)NCc3ccc(OC)c(OC)c3)CC2)cc1. The second kappa shape index (κ2) is 8.86. The number of anilines is 1. The zero-order valence-electron chi connectivity index (χ0n) is 16.9. The molecule has 0 bridgehead atoms. The molecule has 0 aromatic heterocycles. The van der Waals surface area contributed by atoms with Crippen molar-refractivity contribution >= 4 is 17.5 Å². The van der Waals surface area contributed by atoms with Gasteiger partial charge >= 0.3 is 0 Å². The Kier molecular flexibility index (Phi) is 6.26. The van der Waals surface area contributed by atoms with Crippen molar-refractivity contribution in [2.24, 2.45) is 5.41 Å². The summed E-state index contributed by atoms with van der Waals surface area (Å²) in [4.78, 5) is 25.4. The van der Waals surface area contributed by atoms with E-state index in [0.29, 0.717) is 43.2 Å². The van der Waals surface area contributed by atoms with Crippen LogP contribution in [0.2, 0.25) is 0 Å². The average Bonchev–Trinajstić information content (AvgIpc) is 3.55. The quantitative estimate of drug-likeness (QED) is 0.634. The molecule has 0 heterocycles. The molecule has 154 valence electrons. The molecule has 0 atom stereocenters. The molecule has 1 saturated carbocycles. The normalized spacial score (nSPS) is 13.9. The number of benzene rings is 2. The van der Waals surface area contributed by atoms with Crippen molar-refractivity contribution in [3.63, 3.8) is 0 Å². The molecule has 2 aromatic carbocycles. The fourth-order valence-electron chi connectivity index (χ4n) is 3.08. The van der Waals surface area contributed by atoms with Crippen molar-refractivity contribution in [1.29, 1.82) is 0 Å². The number of methoxy groups -OCH3 is 2. The maximum absolute atomic E-state index is 12.7. The molecule has 1 aliphatic rings. The van der Waals surface area contributed by atoms with E-state index >= 15 is 0 Å². The molecule has 7 heteroatoms. The molecule has 0 saturated heterocycles. The zero-order chi connectivity index (χ0) is 20.9. The second-order valence-electron chi connectivity index (χ2n) is 6.87. The lowest BCUT2D eigenvalue weighted by Gasteiger charge is -2.16. The summed E-state index contributed by atoms with van der Waals surface area (Å²) in [5.74, 6) is 1.39. The van der Waals surface area contributed by atoms with Gasteiger partial charge in [-0.3, -0.25) is 9.59 Å². The summed E-state index contributed by atoms with van der Waals surface area (Å²) < 4.78 is 15.9. The molecular formula is C22H26N2O5. The van der Waals surface area contributed by atoms with Crippen molar-refractivity contribution in [3.05, 3.63) is 48.0 Å². The lowest BCUT2D eigenvalue weighted by atomic mass is 10.0. The molecule has 0 aliphatic heterocycles. The van der Waals surface area contributed by atoms with Gasteiger partial charge in [-0.25, -0.2) is 0 Å². The van der Waals surface area contributed by atoms with Crippen LogP contribution in [0.15, 0.2) is 42.5 Å².